The number of carbonyl (C=O) groups is 2. The first-order valence-corrected chi connectivity index (χ1v) is 13.3. The van der Waals surface area contributed by atoms with Gasteiger partial charge in [0.2, 0.25) is 5.91 Å². The highest BCUT2D eigenvalue weighted by Gasteiger charge is 2.31. The van der Waals surface area contributed by atoms with E-state index < -0.39 is 0 Å². The highest BCUT2D eigenvalue weighted by atomic mass is 35.5. The van der Waals surface area contributed by atoms with Gasteiger partial charge in [-0.05, 0) is 56.1 Å². The molecule has 0 radical (unpaired) electrons. The van der Waals surface area contributed by atoms with E-state index in [1.807, 2.05) is 30.5 Å². The van der Waals surface area contributed by atoms with Gasteiger partial charge in [-0.1, -0.05) is 18.0 Å². The van der Waals surface area contributed by atoms with Crippen molar-refractivity contribution in [1.29, 1.82) is 0 Å². The van der Waals surface area contributed by atoms with Crippen LogP contribution in [0.15, 0.2) is 42.6 Å². The topological polar surface area (TPSA) is 122 Å². The molecular formula is C28H36ClN5O4. The van der Waals surface area contributed by atoms with Gasteiger partial charge in [0, 0.05) is 55.5 Å². The lowest BCUT2D eigenvalue weighted by molar-refractivity contribution is -0.116. The van der Waals surface area contributed by atoms with Crippen molar-refractivity contribution in [3.05, 3.63) is 53.2 Å². The summed E-state index contributed by atoms with van der Waals surface area (Å²) in [6.07, 6.45) is 5.82. The lowest BCUT2D eigenvalue weighted by Gasteiger charge is -2.38. The minimum absolute atomic E-state index is 0.0370. The van der Waals surface area contributed by atoms with Gasteiger partial charge in [-0.3, -0.25) is 9.59 Å². The summed E-state index contributed by atoms with van der Waals surface area (Å²) < 4.78 is 11.0. The largest absolute Gasteiger partial charge is 0.496 e. The molecule has 0 bridgehead atoms. The first-order valence-electron chi connectivity index (χ1n) is 12.9. The van der Waals surface area contributed by atoms with Crippen molar-refractivity contribution in [3.63, 3.8) is 0 Å². The Labute approximate surface area is 228 Å². The van der Waals surface area contributed by atoms with Crippen molar-refractivity contribution in [2.45, 2.75) is 44.2 Å². The van der Waals surface area contributed by atoms with E-state index >= 15 is 0 Å². The molecule has 4 rings (SSSR count). The van der Waals surface area contributed by atoms with Crippen molar-refractivity contribution in [2.24, 2.45) is 0 Å². The van der Waals surface area contributed by atoms with Crippen LogP contribution in [0.5, 0.6) is 5.75 Å². The SMILES string of the molecule is COc1cc(N)c(Cl)cc1C(=O)N[C@@H]1CCN(CCCCCC(=O)Nc2ccc3[nH]ccc3c2)C[C@@H]1OC. The number of unbranched alkanes of at least 4 members (excludes halogenated alkanes) is 2. The van der Waals surface area contributed by atoms with Gasteiger partial charge >= 0.3 is 0 Å². The van der Waals surface area contributed by atoms with Crippen LogP contribution in [0.25, 0.3) is 10.9 Å². The highest BCUT2D eigenvalue weighted by molar-refractivity contribution is 6.33. The number of piperidine rings is 1. The Morgan fingerprint density at radius 3 is 2.79 bits per heavy atom. The molecule has 38 heavy (non-hydrogen) atoms. The Hall–Kier alpha value is -3.27. The lowest BCUT2D eigenvalue weighted by Crippen LogP contribution is -2.54. The van der Waals surface area contributed by atoms with E-state index in [1.165, 1.54) is 13.2 Å². The molecule has 9 nitrogen and oxygen atoms in total. The number of nitrogens with one attached hydrogen (secondary N) is 3. The number of nitrogens with zero attached hydrogens (tertiary/aromatic N) is 1. The van der Waals surface area contributed by atoms with Gasteiger partial charge in [0.05, 0.1) is 35.5 Å². The number of carbonyl (C=O) groups excluding carboxylic acids is 2. The minimum atomic E-state index is -0.268. The molecule has 1 aromatic heterocycles. The zero-order valence-electron chi connectivity index (χ0n) is 21.9. The monoisotopic (exact) mass is 541 g/mol. The Balaban J connectivity index is 1.17. The molecule has 1 aliphatic heterocycles. The molecule has 5 N–H and O–H groups in total. The van der Waals surface area contributed by atoms with Gasteiger partial charge in [0.1, 0.15) is 5.75 Å². The Morgan fingerprint density at radius 1 is 1.16 bits per heavy atom. The predicted octanol–water partition coefficient (Wildman–Crippen LogP) is 4.43. The number of aromatic nitrogens is 1. The third kappa shape index (κ3) is 6.98. The van der Waals surface area contributed by atoms with E-state index in [4.69, 9.17) is 26.8 Å². The summed E-state index contributed by atoms with van der Waals surface area (Å²) in [6, 6.07) is 10.8. The lowest BCUT2D eigenvalue weighted by atomic mass is 10.00. The third-order valence-corrected chi connectivity index (χ3v) is 7.37. The molecule has 0 unspecified atom stereocenters. The third-order valence-electron chi connectivity index (χ3n) is 7.04. The van der Waals surface area contributed by atoms with Crippen LogP contribution >= 0.6 is 11.6 Å². The standard InChI is InChI=1S/C28H36ClN5O4/c1-37-25-16-22(30)21(29)15-20(25)28(36)33-24-10-13-34(17-26(24)38-2)12-5-3-4-6-27(35)32-19-7-8-23-18(14-19)9-11-31-23/h7-9,11,14-16,24,26,31H,3-6,10,12-13,17,30H2,1-2H3,(H,32,35)(H,33,36)/t24-,26+/m1/s1. The van der Waals surface area contributed by atoms with Crippen LogP contribution in [0, 0.1) is 0 Å². The number of benzene rings is 2. The summed E-state index contributed by atoms with van der Waals surface area (Å²) in [7, 11) is 3.16. The summed E-state index contributed by atoms with van der Waals surface area (Å²) in [4.78, 5) is 30.8. The first-order chi connectivity index (χ1) is 18.4. The number of H-pyrrole nitrogens is 1. The molecule has 0 spiro atoms. The number of hydrogen-bond donors (Lipinski definition) is 4. The fraction of sp³-hybridized carbons (Fsp3) is 0.429. The molecule has 2 heterocycles. The van der Waals surface area contributed by atoms with Gasteiger partial charge in [0.15, 0.2) is 0 Å². The van der Waals surface area contributed by atoms with Gasteiger partial charge in [0.25, 0.3) is 5.91 Å². The maximum Gasteiger partial charge on any atom is 0.255 e. The van der Waals surface area contributed by atoms with Crippen LogP contribution in [-0.2, 0) is 9.53 Å². The molecule has 3 aromatic rings. The average molecular weight is 542 g/mol. The molecule has 1 fully saturated rings. The van der Waals surface area contributed by atoms with E-state index in [9.17, 15) is 9.59 Å². The number of nitrogen functional groups attached to an aromatic ring is 1. The van der Waals surface area contributed by atoms with Crippen LogP contribution in [-0.4, -0.2) is 67.7 Å². The minimum Gasteiger partial charge on any atom is -0.496 e. The van der Waals surface area contributed by atoms with Crippen LogP contribution in [0.4, 0.5) is 11.4 Å². The number of halogens is 1. The number of ether oxygens (including phenoxy) is 2. The number of nitrogens with two attached hydrogens (primary N) is 1. The fourth-order valence-corrected chi connectivity index (χ4v) is 5.07. The van der Waals surface area contributed by atoms with E-state index in [1.54, 1.807) is 13.2 Å². The number of hydrogen-bond acceptors (Lipinski definition) is 6. The fourth-order valence-electron chi connectivity index (χ4n) is 4.90. The summed E-state index contributed by atoms with van der Waals surface area (Å²) in [5.41, 5.74) is 8.41. The predicted molar refractivity (Wildman–Crippen MR) is 151 cm³/mol. The second-order valence-electron chi connectivity index (χ2n) is 9.66. The van der Waals surface area contributed by atoms with Gasteiger partial charge in [-0.25, -0.2) is 0 Å². The van der Waals surface area contributed by atoms with Crippen molar-refractivity contribution in [1.82, 2.24) is 15.2 Å². The number of methoxy groups -OCH3 is 2. The zero-order valence-corrected chi connectivity index (χ0v) is 22.6. The number of fused-ring (bicyclic) bond motifs is 1. The quantitative estimate of drug-likeness (QED) is 0.210. The summed E-state index contributed by atoms with van der Waals surface area (Å²) in [6.45, 7) is 2.50. The number of anilines is 2. The molecule has 2 aromatic carbocycles. The summed E-state index contributed by atoms with van der Waals surface area (Å²) in [5.74, 6) is 0.150. The van der Waals surface area contributed by atoms with Gasteiger partial charge in [-0.15, -0.1) is 0 Å². The van der Waals surface area contributed by atoms with E-state index in [0.29, 0.717) is 28.4 Å². The molecule has 1 aliphatic rings. The van der Waals surface area contributed by atoms with Crippen molar-refractivity contribution in [3.8, 4) is 5.75 Å². The average Bonchev–Trinajstić information content (AvgIpc) is 3.38. The smallest absolute Gasteiger partial charge is 0.255 e. The number of rotatable bonds is 11. The van der Waals surface area contributed by atoms with E-state index in [-0.39, 0.29) is 24.0 Å². The second kappa shape index (κ2) is 13.0. The van der Waals surface area contributed by atoms with Crippen LogP contribution < -0.4 is 21.1 Å². The second-order valence-corrected chi connectivity index (χ2v) is 10.1. The number of amides is 2. The van der Waals surface area contributed by atoms with E-state index in [2.05, 4.69) is 20.5 Å². The van der Waals surface area contributed by atoms with Crippen LogP contribution in [0.2, 0.25) is 5.02 Å². The van der Waals surface area contributed by atoms with Gasteiger partial charge < -0.3 is 35.7 Å². The summed E-state index contributed by atoms with van der Waals surface area (Å²) in [5, 5.41) is 7.45. The Kier molecular flexibility index (Phi) is 9.49. The van der Waals surface area contributed by atoms with Crippen LogP contribution in [0.1, 0.15) is 42.5 Å². The molecule has 2 atom stereocenters. The maximum absolute atomic E-state index is 13.0. The molecule has 204 valence electrons. The highest BCUT2D eigenvalue weighted by Crippen LogP contribution is 2.29. The van der Waals surface area contributed by atoms with E-state index in [0.717, 1.165) is 61.9 Å². The zero-order chi connectivity index (χ0) is 27.1. The van der Waals surface area contributed by atoms with Crippen molar-refractivity contribution < 1.29 is 19.1 Å². The maximum atomic E-state index is 13.0. The molecule has 0 aliphatic carbocycles. The normalized spacial score (nSPS) is 17.9. The Morgan fingerprint density at radius 2 is 2.00 bits per heavy atom. The molecular weight excluding hydrogens is 506 g/mol. The molecule has 10 heteroatoms. The molecule has 1 saturated heterocycles. The van der Waals surface area contributed by atoms with Crippen LogP contribution in [0.3, 0.4) is 0 Å². The Bertz CT molecular complexity index is 1260. The number of aromatic amines is 1. The van der Waals surface area contributed by atoms with Crippen molar-refractivity contribution in [2.75, 3.05) is 44.9 Å². The molecule has 2 amide bonds. The number of likely N-dealkylation sites (tertiary alicyclic amines) is 1. The summed E-state index contributed by atoms with van der Waals surface area (Å²) >= 11 is 6.13. The van der Waals surface area contributed by atoms with Gasteiger partial charge in [-0.2, -0.15) is 0 Å². The first kappa shape index (κ1) is 27.8. The van der Waals surface area contributed by atoms with Crippen molar-refractivity contribution >= 4 is 45.7 Å². The molecule has 0 saturated carbocycles.